The number of fused-ring (bicyclic) bond motifs is 6. The number of amides is 7. The van der Waals surface area contributed by atoms with Gasteiger partial charge in [0.2, 0.25) is 17.7 Å². The summed E-state index contributed by atoms with van der Waals surface area (Å²) in [5, 5.41) is 28.2. The molecule has 4 aliphatic heterocycles. The van der Waals surface area contributed by atoms with Crippen LogP contribution in [0.25, 0.3) is 0 Å². The van der Waals surface area contributed by atoms with Gasteiger partial charge in [0, 0.05) is 50.0 Å². The summed E-state index contributed by atoms with van der Waals surface area (Å²) in [4.78, 5) is 103. The molecule has 2 aliphatic carbocycles. The smallest absolute Gasteiger partial charge is 0.421 e. The van der Waals surface area contributed by atoms with Gasteiger partial charge in [0.15, 0.2) is 29.2 Å². The number of hydrogen-bond donors (Lipinski definition) is 6. The molecule has 0 bridgehead atoms. The Morgan fingerprint density at radius 2 is 1.43 bits per heavy atom. The quantitative estimate of drug-likeness (QED) is 0.0402. The number of aliphatic hydroxyl groups excluding tert-OH is 1. The van der Waals surface area contributed by atoms with E-state index in [0.717, 1.165) is 59.5 Å². The molecule has 8 atom stereocenters. The monoisotopic (exact) mass is 1330 g/mol. The van der Waals surface area contributed by atoms with Crippen LogP contribution < -0.4 is 49.2 Å². The highest BCUT2D eigenvalue weighted by Gasteiger charge is 2.51. The number of ether oxygens (including phenoxy) is 7. The number of anilines is 2. The van der Waals surface area contributed by atoms with Crippen LogP contribution in [0.1, 0.15) is 117 Å². The number of aromatic nitrogens is 3. The Morgan fingerprint density at radius 3 is 2.14 bits per heavy atom. The third-order valence-corrected chi connectivity index (χ3v) is 18.7. The zero-order chi connectivity index (χ0) is 67.8. The second-order valence-corrected chi connectivity index (χ2v) is 26.4. The van der Waals surface area contributed by atoms with Crippen molar-refractivity contribution in [1.29, 1.82) is 0 Å². The molecule has 1 saturated carbocycles. The fraction of sp³-hybridized carbons (Fsp3) is 0.508. The molecule has 3 aromatic carbocycles. The van der Waals surface area contributed by atoms with Crippen LogP contribution in [0.15, 0.2) is 77.1 Å². The lowest BCUT2D eigenvalue weighted by Gasteiger charge is -2.31. The van der Waals surface area contributed by atoms with Crippen LogP contribution in [0, 0.1) is 23.7 Å². The summed E-state index contributed by atoms with van der Waals surface area (Å²) >= 11 is 0. The van der Waals surface area contributed by atoms with E-state index in [2.05, 4.69) is 36.0 Å². The molecule has 6 N–H and O–H groups in total. The first kappa shape index (κ1) is 68.7. The molecular formula is C65H82N12O17S. The van der Waals surface area contributed by atoms with E-state index < -0.39 is 82.9 Å². The van der Waals surface area contributed by atoms with Crippen LogP contribution in [-0.2, 0) is 65.3 Å². The summed E-state index contributed by atoms with van der Waals surface area (Å²) in [7, 11) is 0.506. The van der Waals surface area contributed by atoms with E-state index in [-0.39, 0.29) is 80.0 Å². The van der Waals surface area contributed by atoms with Crippen LogP contribution in [0.5, 0.6) is 23.0 Å². The van der Waals surface area contributed by atoms with Crippen molar-refractivity contribution in [2.24, 2.45) is 35.7 Å². The molecule has 0 radical (unpaired) electrons. The normalized spacial score (nSPS) is 20.7. The van der Waals surface area contributed by atoms with E-state index >= 15 is 0 Å². The first-order chi connectivity index (χ1) is 45.5. The number of hydrogen-bond acceptors (Lipinski definition) is 20. The Morgan fingerprint density at radius 1 is 0.768 bits per heavy atom. The van der Waals surface area contributed by atoms with Crippen LogP contribution in [0.4, 0.5) is 26.7 Å². The number of unbranched alkanes of at least 4 members (excludes halogenated alkanes) is 2. The number of methoxy groups -OCH3 is 2. The first-order valence-corrected chi connectivity index (χ1v) is 33.3. The summed E-state index contributed by atoms with van der Waals surface area (Å²) in [6, 6.07) is 9.55. The van der Waals surface area contributed by atoms with Crippen LogP contribution in [-0.4, -0.2) is 170 Å². The molecule has 1 unspecified atom stereocenters. The molecule has 95 heavy (non-hydrogen) atoms. The molecule has 0 spiro atoms. The summed E-state index contributed by atoms with van der Waals surface area (Å²) in [5.74, 6) is -0.774. The molecule has 4 aromatic rings. The fourth-order valence-corrected chi connectivity index (χ4v) is 13.3. The summed E-state index contributed by atoms with van der Waals surface area (Å²) < 4.78 is 70.9. The Bertz CT molecular complexity index is 3780. The van der Waals surface area contributed by atoms with Gasteiger partial charge in [0.05, 0.1) is 86.6 Å². The van der Waals surface area contributed by atoms with Crippen molar-refractivity contribution in [3.05, 3.63) is 100 Å². The summed E-state index contributed by atoms with van der Waals surface area (Å²) in [6.07, 6.45) is 7.98. The average molecular weight is 1340 g/mol. The maximum Gasteiger partial charge on any atom is 0.421 e. The van der Waals surface area contributed by atoms with E-state index in [1.54, 1.807) is 72.2 Å². The molecule has 6 aliphatic rings. The number of benzene rings is 3. The fourth-order valence-electron chi connectivity index (χ4n) is 12.6. The van der Waals surface area contributed by atoms with Crippen molar-refractivity contribution in [1.82, 2.24) is 44.9 Å². The lowest BCUT2D eigenvalue weighted by Crippen LogP contribution is -2.54. The van der Waals surface area contributed by atoms with Gasteiger partial charge in [-0.05, 0) is 132 Å². The van der Waals surface area contributed by atoms with Gasteiger partial charge >= 0.3 is 22.4 Å². The summed E-state index contributed by atoms with van der Waals surface area (Å²) in [5.41, 5.74) is 5.90. The highest BCUT2D eigenvalue weighted by atomic mass is 32.2. The second kappa shape index (κ2) is 30.1. The maximum atomic E-state index is 14.3. The van der Waals surface area contributed by atoms with Gasteiger partial charge in [-0.15, -0.1) is 5.10 Å². The highest BCUT2D eigenvalue weighted by molar-refractivity contribution is 7.88. The lowest BCUT2D eigenvalue weighted by molar-refractivity contribution is -0.133. The number of aryl methyl sites for hydroxylation is 2. The minimum Gasteiger partial charge on any atom is -0.493 e. The molecule has 29 nitrogen and oxygen atoms in total. The number of aliphatic imine (C=N–C) groups is 1. The van der Waals surface area contributed by atoms with Crippen molar-refractivity contribution in [2.75, 3.05) is 64.0 Å². The second-order valence-electron chi connectivity index (χ2n) is 24.9. The minimum atomic E-state index is -4.31. The van der Waals surface area contributed by atoms with E-state index in [1.165, 1.54) is 38.2 Å². The van der Waals surface area contributed by atoms with Gasteiger partial charge in [-0.3, -0.25) is 33.6 Å². The number of rotatable bonds is 27. The van der Waals surface area contributed by atoms with E-state index in [4.69, 9.17) is 33.2 Å². The molecule has 10 rings (SSSR count). The van der Waals surface area contributed by atoms with Crippen molar-refractivity contribution in [3.63, 3.8) is 0 Å². The molecule has 0 saturated heterocycles. The minimum absolute atomic E-state index is 0.0451. The van der Waals surface area contributed by atoms with Gasteiger partial charge in [0.25, 0.3) is 11.8 Å². The van der Waals surface area contributed by atoms with Crippen LogP contribution in [0.3, 0.4) is 0 Å². The first-order valence-electron chi connectivity index (χ1n) is 31.8. The van der Waals surface area contributed by atoms with E-state index in [0.29, 0.717) is 71.7 Å². The summed E-state index contributed by atoms with van der Waals surface area (Å²) in [6.45, 7) is 7.95. The lowest BCUT2D eigenvalue weighted by atomic mass is 10.0. The van der Waals surface area contributed by atoms with E-state index in [1.807, 2.05) is 31.8 Å². The van der Waals surface area contributed by atoms with Gasteiger partial charge in [-0.2, -0.15) is 13.1 Å². The third kappa shape index (κ3) is 16.3. The Balaban J connectivity index is 0.653. The molecule has 5 heterocycles. The topological polar surface area (TPSA) is 351 Å². The van der Waals surface area contributed by atoms with E-state index in [9.17, 15) is 47.1 Å². The Labute approximate surface area is 550 Å². The van der Waals surface area contributed by atoms with Gasteiger partial charge in [0.1, 0.15) is 25.3 Å². The average Bonchev–Trinajstić information content (AvgIpc) is 1.65. The SMILES string of the molecule is COc1cc2c(cc1OCCCCCOc1cc3c(cc1OC)C(=O)N1C=C(C)C[C@H]1[C@H](O)N3C(=O)OCc1ccc(NC(=O)[C@H](C)NC(=O)[C@@H](NC(=O)COCCNS(=O)(=O)NC(=O)OCC3[C@H]4CCc5c(nnn5C)CC[C@@H]34)C(C)C)cc1)N=C[C@@H]1CC(C)=CN1C2=O. The van der Waals surface area contributed by atoms with Gasteiger partial charge in [-0.25, -0.2) is 19.2 Å². The molecule has 510 valence electrons. The standard InChI is InChI=1S/C65H82N12O17S/c1-36(2)58(70-57(78)35-90-23-20-67-95(86,87)72-64(84)93-34-47-43-16-18-48-50(19-17-44(43)47)74(6)73-71-48)60(80)68-39(5)59(79)69-41-14-12-40(13-15-41)33-94-65(85)77-51-29-56(54(89-8)27-46(51)62(82)76-32-38(4)25-52(76)63(77)83)92-22-11-9-10-21-91-55-28-49-45(26-53(55)88-7)61(81)75-31-37(3)24-42(75)30-66-49/h12-15,26-32,36,39,42-44,47,52,58,63,67,83H,9-11,16-25,33-35H2,1-8H3,(H,68,80)(H,69,79)(H,70,78)(H,72,84)/t39-,42-,43+,44-,47?,52-,58-,63-/m0/s1. The van der Waals surface area contributed by atoms with Crippen molar-refractivity contribution in [3.8, 4) is 23.0 Å². The molecular weight excluding hydrogens is 1250 g/mol. The number of nitrogens with one attached hydrogen (secondary N) is 5. The van der Waals surface area contributed by atoms with Gasteiger partial charge < -0.3 is 64.0 Å². The number of carbonyl (C=O) groups excluding carboxylic acids is 7. The van der Waals surface area contributed by atoms with Crippen molar-refractivity contribution in [2.45, 2.75) is 129 Å². The maximum absolute atomic E-state index is 14.3. The number of aliphatic hydroxyl groups is 1. The predicted octanol–water partition coefficient (Wildman–Crippen LogP) is 5.49. The van der Waals surface area contributed by atoms with Crippen molar-refractivity contribution < 1.29 is 80.2 Å². The predicted molar refractivity (Wildman–Crippen MR) is 344 cm³/mol. The van der Waals surface area contributed by atoms with Crippen molar-refractivity contribution >= 4 is 75.2 Å². The largest absolute Gasteiger partial charge is 0.493 e. The zero-order valence-corrected chi connectivity index (χ0v) is 55.2. The van der Waals surface area contributed by atoms with Crippen LogP contribution >= 0.6 is 0 Å². The van der Waals surface area contributed by atoms with Crippen LogP contribution in [0.2, 0.25) is 0 Å². The molecule has 7 amide bonds. The molecule has 1 fully saturated rings. The molecule has 1 aromatic heterocycles. The Hall–Kier alpha value is -9.13. The zero-order valence-electron chi connectivity index (χ0n) is 54.4. The number of carbonyl (C=O) groups is 7. The van der Waals surface area contributed by atoms with Gasteiger partial charge in [-0.1, -0.05) is 42.3 Å². The third-order valence-electron chi connectivity index (χ3n) is 17.7. The molecule has 30 heteroatoms. The highest BCUT2D eigenvalue weighted by Crippen LogP contribution is 2.53. The Kier molecular flexibility index (Phi) is 21.8. The number of nitrogens with zero attached hydrogens (tertiary/aromatic N) is 7.